The minimum atomic E-state index is -0.345. The van der Waals surface area contributed by atoms with Crippen LogP contribution >= 0.6 is 0 Å². The smallest absolute Gasteiger partial charge is 0.310 e. The molecular formula is C11H17N3O3. The maximum Gasteiger partial charge on any atom is 0.310 e. The zero-order chi connectivity index (χ0) is 13.0. The summed E-state index contributed by atoms with van der Waals surface area (Å²) in [6.07, 6.45) is 3.06. The SMILES string of the molecule is COC(=O)C(C)CN(C)C(=O)c1cncn1C. The minimum Gasteiger partial charge on any atom is -0.469 e. The van der Waals surface area contributed by atoms with Gasteiger partial charge in [0.05, 0.1) is 25.6 Å². The number of carbonyl (C=O) groups excluding carboxylic acids is 2. The topological polar surface area (TPSA) is 64.4 Å². The number of carbonyl (C=O) groups is 2. The van der Waals surface area contributed by atoms with E-state index in [0.29, 0.717) is 12.2 Å². The van der Waals surface area contributed by atoms with Crippen LogP contribution in [0.3, 0.4) is 0 Å². The minimum absolute atomic E-state index is 0.166. The van der Waals surface area contributed by atoms with Gasteiger partial charge in [-0.25, -0.2) is 4.98 Å². The van der Waals surface area contributed by atoms with Crippen LogP contribution < -0.4 is 0 Å². The number of hydrogen-bond donors (Lipinski definition) is 0. The third kappa shape index (κ3) is 3.05. The fourth-order valence-electron chi connectivity index (χ4n) is 1.53. The number of imidazole rings is 1. The van der Waals surface area contributed by atoms with E-state index in [0.717, 1.165) is 0 Å². The maximum atomic E-state index is 12.0. The van der Waals surface area contributed by atoms with Crippen LogP contribution in [0, 0.1) is 5.92 Å². The van der Waals surface area contributed by atoms with Gasteiger partial charge in [-0.15, -0.1) is 0 Å². The van der Waals surface area contributed by atoms with Gasteiger partial charge in [0.2, 0.25) is 0 Å². The van der Waals surface area contributed by atoms with Crippen LogP contribution in [0.25, 0.3) is 0 Å². The van der Waals surface area contributed by atoms with Gasteiger partial charge in [0.15, 0.2) is 0 Å². The van der Waals surface area contributed by atoms with E-state index in [1.807, 2.05) is 0 Å². The van der Waals surface area contributed by atoms with Crippen LogP contribution in [0.5, 0.6) is 0 Å². The van der Waals surface area contributed by atoms with Crippen molar-refractivity contribution in [2.45, 2.75) is 6.92 Å². The summed E-state index contributed by atoms with van der Waals surface area (Å²) in [5.74, 6) is -0.836. The van der Waals surface area contributed by atoms with Gasteiger partial charge >= 0.3 is 5.97 Å². The largest absolute Gasteiger partial charge is 0.469 e. The first-order chi connectivity index (χ1) is 7.97. The van der Waals surface area contributed by atoms with Crippen molar-refractivity contribution in [1.82, 2.24) is 14.5 Å². The maximum absolute atomic E-state index is 12.0. The molecule has 1 heterocycles. The molecule has 0 saturated heterocycles. The second kappa shape index (κ2) is 5.47. The number of ether oxygens (including phenoxy) is 1. The average molecular weight is 239 g/mol. The summed E-state index contributed by atoms with van der Waals surface area (Å²) >= 11 is 0. The lowest BCUT2D eigenvalue weighted by atomic mass is 10.1. The Kier molecular flexibility index (Phi) is 4.25. The van der Waals surface area contributed by atoms with Crippen molar-refractivity contribution in [3.8, 4) is 0 Å². The van der Waals surface area contributed by atoms with E-state index in [1.54, 1.807) is 31.9 Å². The van der Waals surface area contributed by atoms with Crippen LogP contribution in [-0.4, -0.2) is 47.0 Å². The summed E-state index contributed by atoms with van der Waals surface area (Å²) in [5.41, 5.74) is 0.490. The highest BCUT2D eigenvalue weighted by Gasteiger charge is 2.21. The molecule has 94 valence electrons. The summed E-state index contributed by atoms with van der Waals surface area (Å²) in [7, 11) is 4.73. The van der Waals surface area contributed by atoms with Gasteiger partial charge in [-0.3, -0.25) is 9.59 Å². The monoisotopic (exact) mass is 239 g/mol. The lowest BCUT2D eigenvalue weighted by Crippen LogP contribution is -2.35. The van der Waals surface area contributed by atoms with Gasteiger partial charge in [-0.1, -0.05) is 6.92 Å². The molecule has 6 heteroatoms. The highest BCUT2D eigenvalue weighted by Crippen LogP contribution is 2.06. The number of methoxy groups -OCH3 is 1. The van der Waals surface area contributed by atoms with E-state index in [4.69, 9.17) is 0 Å². The Balaban J connectivity index is 2.65. The number of aromatic nitrogens is 2. The number of amides is 1. The summed E-state index contributed by atoms with van der Waals surface area (Å²) < 4.78 is 6.25. The molecule has 0 spiro atoms. The molecule has 0 fully saturated rings. The predicted molar refractivity (Wildman–Crippen MR) is 61.3 cm³/mol. The summed E-state index contributed by atoms with van der Waals surface area (Å²) in [5, 5.41) is 0. The molecule has 1 rings (SSSR count). The second-order valence-corrected chi connectivity index (χ2v) is 4.00. The molecule has 0 N–H and O–H groups in total. The quantitative estimate of drug-likeness (QED) is 0.709. The first-order valence-corrected chi connectivity index (χ1v) is 5.27. The van der Waals surface area contributed by atoms with E-state index in [2.05, 4.69) is 9.72 Å². The van der Waals surface area contributed by atoms with E-state index < -0.39 is 0 Å². The predicted octanol–water partition coefficient (Wildman–Crippen LogP) is 0.301. The molecular weight excluding hydrogens is 222 g/mol. The number of aryl methyl sites for hydroxylation is 1. The number of rotatable bonds is 4. The third-order valence-electron chi connectivity index (χ3n) is 2.53. The van der Waals surface area contributed by atoms with Crippen LogP contribution in [0.15, 0.2) is 12.5 Å². The van der Waals surface area contributed by atoms with Crippen molar-refractivity contribution in [2.24, 2.45) is 13.0 Å². The van der Waals surface area contributed by atoms with E-state index >= 15 is 0 Å². The normalized spacial score (nSPS) is 12.0. The number of nitrogens with zero attached hydrogens (tertiary/aromatic N) is 3. The second-order valence-electron chi connectivity index (χ2n) is 4.00. The van der Waals surface area contributed by atoms with Crippen molar-refractivity contribution in [3.63, 3.8) is 0 Å². The molecule has 0 bridgehead atoms. The average Bonchev–Trinajstić information content (AvgIpc) is 2.73. The summed E-state index contributed by atoms with van der Waals surface area (Å²) in [4.78, 5) is 28.6. The fraction of sp³-hybridized carbons (Fsp3) is 0.545. The molecule has 0 saturated carbocycles. The molecule has 1 unspecified atom stereocenters. The van der Waals surface area contributed by atoms with Crippen LogP contribution in [-0.2, 0) is 16.6 Å². The van der Waals surface area contributed by atoms with Gasteiger partial charge in [0.25, 0.3) is 5.91 Å². The highest BCUT2D eigenvalue weighted by molar-refractivity contribution is 5.92. The van der Waals surface area contributed by atoms with Crippen molar-refractivity contribution < 1.29 is 14.3 Å². The number of esters is 1. The van der Waals surface area contributed by atoms with Gasteiger partial charge in [-0.05, 0) is 0 Å². The molecule has 17 heavy (non-hydrogen) atoms. The van der Waals surface area contributed by atoms with Crippen LogP contribution in [0.1, 0.15) is 17.4 Å². The van der Waals surface area contributed by atoms with Gasteiger partial charge in [0, 0.05) is 20.6 Å². The Bertz CT molecular complexity index is 414. The molecule has 0 radical (unpaired) electrons. The molecule has 0 aliphatic rings. The van der Waals surface area contributed by atoms with Crippen molar-refractivity contribution in [1.29, 1.82) is 0 Å². The molecule has 0 aromatic carbocycles. The molecule has 1 aromatic heterocycles. The summed E-state index contributed by atoms with van der Waals surface area (Å²) in [6, 6.07) is 0. The number of hydrogen-bond acceptors (Lipinski definition) is 4. The van der Waals surface area contributed by atoms with Gasteiger partial charge in [-0.2, -0.15) is 0 Å². The molecule has 0 aliphatic heterocycles. The van der Waals surface area contributed by atoms with Crippen LogP contribution in [0.4, 0.5) is 0 Å². The Morgan fingerprint density at radius 2 is 2.24 bits per heavy atom. The third-order valence-corrected chi connectivity index (χ3v) is 2.53. The molecule has 6 nitrogen and oxygen atoms in total. The molecule has 1 amide bonds. The molecule has 1 atom stereocenters. The van der Waals surface area contributed by atoms with Gasteiger partial charge < -0.3 is 14.2 Å². The standard InChI is InChI=1S/C11H17N3O3/c1-8(11(16)17-4)6-13(2)10(15)9-5-12-7-14(9)3/h5,7-8H,6H2,1-4H3. The lowest BCUT2D eigenvalue weighted by molar-refractivity contribution is -0.145. The Hall–Kier alpha value is -1.85. The Labute approximate surface area is 100 Å². The first kappa shape index (κ1) is 13.2. The van der Waals surface area contributed by atoms with Crippen molar-refractivity contribution in [2.75, 3.05) is 20.7 Å². The zero-order valence-corrected chi connectivity index (χ0v) is 10.5. The highest BCUT2D eigenvalue weighted by atomic mass is 16.5. The van der Waals surface area contributed by atoms with E-state index in [-0.39, 0.29) is 17.8 Å². The van der Waals surface area contributed by atoms with Crippen LogP contribution in [0.2, 0.25) is 0 Å². The molecule has 1 aromatic rings. The fourth-order valence-corrected chi connectivity index (χ4v) is 1.53. The van der Waals surface area contributed by atoms with Gasteiger partial charge in [0.1, 0.15) is 5.69 Å². The van der Waals surface area contributed by atoms with E-state index in [1.165, 1.54) is 18.2 Å². The van der Waals surface area contributed by atoms with E-state index in [9.17, 15) is 9.59 Å². The lowest BCUT2D eigenvalue weighted by Gasteiger charge is -2.20. The first-order valence-electron chi connectivity index (χ1n) is 5.27. The Morgan fingerprint density at radius 3 is 2.71 bits per heavy atom. The van der Waals surface area contributed by atoms with Crippen molar-refractivity contribution in [3.05, 3.63) is 18.2 Å². The Morgan fingerprint density at radius 1 is 1.59 bits per heavy atom. The molecule has 0 aliphatic carbocycles. The van der Waals surface area contributed by atoms with Crippen molar-refractivity contribution >= 4 is 11.9 Å². The zero-order valence-electron chi connectivity index (χ0n) is 10.5. The summed E-state index contributed by atoms with van der Waals surface area (Å²) in [6.45, 7) is 2.04.